The predicted octanol–water partition coefficient (Wildman–Crippen LogP) is 0.919. The van der Waals surface area contributed by atoms with Crippen LogP contribution in [0.15, 0.2) is 6.20 Å². The molecule has 1 aliphatic carbocycles. The summed E-state index contributed by atoms with van der Waals surface area (Å²) < 4.78 is 3.96. The molecule has 0 amide bonds. The van der Waals surface area contributed by atoms with Crippen molar-refractivity contribution in [3.05, 3.63) is 12.0 Å². The van der Waals surface area contributed by atoms with Crippen molar-refractivity contribution >= 4 is 0 Å². The second-order valence-corrected chi connectivity index (χ2v) is 5.03. The molecule has 2 aromatic rings. The largest absolute Gasteiger partial charge is 0.329 e. The number of nitrogens with zero attached hydrogens (tertiary/aromatic N) is 6. The van der Waals surface area contributed by atoms with Crippen LogP contribution in [0.2, 0.25) is 0 Å². The zero-order chi connectivity index (χ0) is 13.2. The second-order valence-electron chi connectivity index (χ2n) is 5.03. The summed E-state index contributed by atoms with van der Waals surface area (Å²) in [6.07, 6.45) is 6.84. The lowest BCUT2D eigenvalue weighted by molar-refractivity contribution is 0.509. The maximum absolute atomic E-state index is 5.52. The molecule has 7 nitrogen and oxygen atoms in total. The van der Waals surface area contributed by atoms with Crippen LogP contribution in [0.4, 0.5) is 0 Å². The zero-order valence-electron chi connectivity index (χ0n) is 11.2. The average Bonchev–Trinajstić information content (AvgIpc) is 3.08. The van der Waals surface area contributed by atoms with E-state index in [0.29, 0.717) is 19.1 Å². The molecule has 1 saturated carbocycles. The topological polar surface area (TPSA) is 87.4 Å². The van der Waals surface area contributed by atoms with Crippen molar-refractivity contribution in [1.29, 1.82) is 0 Å². The van der Waals surface area contributed by atoms with Gasteiger partial charge in [-0.1, -0.05) is 18.1 Å². The molecular weight excluding hydrogens is 242 g/mol. The number of nitrogens with two attached hydrogens (primary N) is 1. The summed E-state index contributed by atoms with van der Waals surface area (Å²) in [6, 6.07) is 0.504. The van der Waals surface area contributed by atoms with E-state index in [4.69, 9.17) is 5.73 Å². The average molecular weight is 261 g/mol. The van der Waals surface area contributed by atoms with Gasteiger partial charge in [-0.3, -0.25) is 4.68 Å². The van der Waals surface area contributed by atoms with Crippen molar-refractivity contribution < 1.29 is 0 Å². The van der Waals surface area contributed by atoms with E-state index in [2.05, 4.69) is 25.1 Å². The van der Waals surface area contributed by atoms with Crippen LogP contribution in [0.1, 0.15) is 37.5 Å². The molecule has 19 heavy (non-hydrogen) atoms. The fourth-order valence-corrected chi connectivity index (χ4v) is 2.79. The number of aryl methyl sites for hydroxylation is 1. The third-order valence-corrected chi connectivity index (χ3v) is 3.68. The highest BCUT2D eigenvalue weighted by Gasteiger charge is 2.24. The molecule has 2 aromatic heterocycles. The van der Waals surface area contributed by atoms with Crippen molar-refractivity contribution in [2.24, 2.45) is 5.73 Å². The van der Waals surface area contributed by atoms with E-state index in [1.807, 2.05) is 13.1 Å². The summed E-state index contributed by atoms with van der Waals surface area (Å²) in [5.74, 6) is 1.78. The summed E-state index contributed by atoms with van der Waals surface area (Å²) in [7, 11) is 0. The first-order chi connectivity index (χ1) is 9.29. The highest BCUT2D eigenvalue weighted by molar-refractivity contribution is 5.47. The van der Waals surface area contributed by atoms with Crippen LogP contribution >= 0.6 is 0 Å². The number of hydrogen-bond donors (Lipinski definition) is 1. The molecule has 1 fully saturated rings. The van der Waals surface area contributed by atoms with Crippen molar-refractivity contribution in [1.82, 2.24) is 29.8 Å². The smallest absolute Gasteiger partial charge is 0.186 e. The van der Waals surface area contributed by atoms with Gasteiger partial charge < -0.3 is 10.3 Å². The number of aromatic nitrogens is 6. The molecule has 0 bridgehead atoms. The molecule has 0 atom stereocenters. The minimum atomic E-state index is 0.504. The van der Waals surface area contributed by atoms with E-state index in [-0.39, 0.29) is 0 Å². The lowest BCUT2D eigenvalue weighted by Gasteiger charge is -2.14. The van der Waals surface area contributed by atoms with Gasteiger partial charge in [0.1, 0.15) is 5.82 Å². The Morgan fingerprint density at radius 1 is 1.26 bits per heavy atom. The van der Waals surface area contributed by atoms with Crippen molar-refractivity contribution in [3.63, 3.8) is 0 Å². The Bertz CT molecular complexity index is 550. The van der Waals surface area contributed by atoms with Crippen LogP contribution in [0.25, 0.3) is 11.5 Å². The van der Waals surface area contributed by atoms with Gasteiger partial charge in [-0.2, -0.15) is 0 Å². The Hall–Kier alpha value is -1.76. The first kappa shape index (κ1) is 12.3. The molecule has 0 radical (unpaired) electrons. The quantitative estimate of drug-likeness (QED) is 0.884. The molecule has 3 rings (SSSR count). The fourth-order valence-electron chi connectivity index (χ4n) is 2.79. The Morgan fingerprint density at radius 2 is 2.05 bits per heavy atom. The van der Waals surface area contributed by atoms with Gasteiger partial charge in [0.2, 0.25) is 0 Å². The lowest BCUT2D eigenvalue weighted by Crippen LogP contribution is -2.10. The number of rotatable bonds is 4. The predicted molar refractivity (Wildman–Crippen MR) is 70.3 cm³/mol. The first-order valence-corrected chi connectivity index (χ1v) is 6.81. The van der Waals surface area contributed by atoms with Crippen LogP contribution in [-0.2, 0) is 6.54 Å². The van der Waals surface area contributed by atoms with Gasteiger partial charge in [-0.15, -0.1) is 15.3 Å². The maximum atomic E-state index is 5.52. The minimum absolute atomic E-state index is 0.504. The van der Waals surface area contributed by atoms with Gasteiger partial charge in [0.25, 0.3) is 0 Å². The van der Waals surface area contributed by atoms with Gasteiger partial charge in [-0.25, -0.2) is 0 Å². The van der Waals surface area contributed by atoms with Gasteiger partial charge in [0.15, 0.2) is 11.5 Å². The molecule has 0 spiro atoms. The first-order valence-electron chi connectivity index (χ1n) is 6.81. The van der Waals surface area contributed by atoms with E-state index < -0.39 is 0 Å². The maximum Gasteiger partial charge on any atom is 0.186 e. The minimum Gasteiger partial charge on any atom is -0.329 e. The van der Waals surface area contributed by atoms with E-state index >= 15 is 0 Å². The Labute approximate surface area is 111 Å². The zero-order valence-corrected chi connectivity index (χ0v) is 11.2. The molecule has 0 saturated heterocycles. The monoisotopic (exact) mass is 261 g/mol. The van der Waals surface area contributed by atoms with E-state index in [0.717, 1.165) is 17.3 Å². The summed E-state index contributed by atoms with van der Waals surface area (Å²) >= 11 is 0. The van der Waals surface area contributed by atoms with Crippen LogP contribution in [0.3, 0.4) is 0 Å². The van der Waals surface area contributed by atoms with Crippen LogP contribution < -0.4 is 5.73 Å². The highest BCUT2D eigenvalue weighted by atomic mass is 15.4. The lowest BCUT2D eigenvalue weighted by atomic mass is 10.2. The Morgan fingerprint density at radius 3 is 2.79 bits per heavy atom. The standard InChI is InChI=1S/C12H19N7/c1-9-14-16-12(19(9)10-4-2-3-5-10)11-8-18(7-6-13)17-15-11/h8,10H,2-7,13H2,1H3. The van der Waals surface area contributed by atoms with E-state index in [1.165, 1.54) is 25.7 Å². The van der Waals surface area contributed by atoms with Gasteiger partial charge in [0.05, 0.1) is 12.7 Å². The Kier molecular flexibility index (Phi) is 3.29. The highest BCUT2D eigenvalue weighted by Crippen LogP contribution is 2.33. The second kappa shape index (κ2) is 5.08. The van der Waals surface area contributed by atoms with Crippen LogP contribution in [-0.4, -0.2) is 36.3 Å². The molecule has 1 aliphatic rings. The molecule has 102 valence electrons. The normalized spacial score (nSPS) is 16.3. The molecule has 0 aliphatic heterocycles. The van der Waals surface area contributed by atoms with Crippen molar-refractivity contribution in [2.45, 2.75) is 45.2 Å². The summed E-state index contributed by atoms with van der Waals surface area (Å²) in [5.41, 5.74) is 6.30. The molecule has 0 aromatic carbocycles. The van der Waals surface area contributed by atoms with Crippen molar-refractivity contribution in [3.8, 4) is 11.5 Å². The van der Waals surface area contributed by atoms with E-state index in [1.54, 1.807) is 4.68 Å². The Balaban J connectivity index is 1.95. The van der Waals surface area contributed by atoms with Crippen molar-refractivity contribution in [2.75, 3.05) is 6.54 Å². The van der Waals surface area contributed by atoms with Crippen LogP contribution in [0.5, 0.6) is 0 Å². The SMILES string of the molecule is Cc1nnc(-c2cn(CCN)nn2)n1C1CCCC1. The molecule has 2 heterocycles. The molecule has 2 N–H and O–H groups in total. The molecule has 0 unspecified atom stereocenters. The summed E-state index contributed by atoms with van der Waals surface area (Å²) in [4.78, 5) is 0. The number of hydrogen-bond acceptors (Lipinski definition) is 5. The third-order valence-electron chi connectivity index (χ3n) is 3.68. The molecular formula is C12H19N7. The third kappa shape index (κ3) is 2.25. The molecule has 7 heteroatoms. The van der Waals surface area contributed by atoms with Gasteiger partial charge in [-0.05, 0) is 19.8 Å². The fraction of sp³-hybridized carbons (Fsp3) is 0.667. The van der Waals surface area contributed by atoms with Crippen LogP contribution in [0, 0.1) is 6.92 Å². The summed E-state index contributed by atoms with van der Waals surface area (Å²) in [5, 5.41) is 16.7. The van der Waals surface area contributed by atoms with Gasteiger partial charge >= 0.3 is 0 Å². The van der Waals surface area contributed by atoms with E-state index in [9.17, 15) is 0 Å². The van der Waals surface area contributed by atoms with Gasteiger partial charge in [0, 0.05) is 12.6 Å². The summed E-state index contributed by atoms with van der Waals surface area (Å²) in [6.45, 7) is 3.22.